The van der Waals surface area contributed by atoms with E-state index < -0.39 is 17.3 Å². The van der Waals surface area contributed by atoms with E-state index in [4.69, 9.17) is 11.6 Å². The SMILES string of the molecule is Oc1cc(Cl)c(C2CC2)c(-c2ncc3c(N4CC5CCC(C4)N5)cc(C#CC45CCCN4CC(F)(F)C5)nc3c2F)c1. The Balaban J connectivity index is 1.29. The molecule has 2 N–H and O–H groups in total. The molecule has 0 spiro atoms. The van der Waals surface area contributed by atoms with Gasteiger partial charge >= 0.3 is 0 Å². The van der Waals surface area contributed by atoms with E-state index in [0.717, 1.165) is 56.4 Å². The number of nitrogens with zero attached hydrogens (tertiary/aromatic N) is 4. The Morgan fingerprint density at radius 2 is 1.88 bits per heavy atom. The lowest BCUT2D eigenvalue weighted by molar-refractivity contribution is 0.0104. The lowest BCUT2D eigenvalue weighted by Crippen LogP contribution is -2.51. The molecule has 4 saturated heterocycles. The molecule has 6 nitrogen and oxygen atoms in total. The van der Waals surface area contributed by atoms with Gasteiger partial charge in [0.2, 0.25) is 0 Å². The number of aromatic nitrogens is 2. The van der Waals surface area contributed by atoms with Crippen LogP contribution in [0.15, 0.2) is 24.4 Å². The zero-order chi connectivity index (χ0) is 28.8. The first-order valence-electron chi connectivity index (χ1n) is 14.9. The number of aromatic hydroxyl groups is 1. The summed E-state index contributed by atoms with van der Waals surface area (Å²) >= 11 is 6.53. The first kappa shape index (κ1) is 26.6. The maximum atomic E-state index is 16.6. The van der Waals surface area contributed by atoms with Crippen LogP contribution in [-0.4, -0.2) is 69.7 Å². The van der Waals surface area contributed by atoms with Gasteiger partial charge in [-0.05, 0) is 80.7 Å². The van der Waals surface area contributed by atoms with Crippen molar-refractivity contribution in [1.29, 1.82) is 0 Å². The van der Waals surface area contributed by atoms with Gasteiger partial charge in [-0.15, -0.1) is 0 Å². The molecule has 8 rings (SSSR count). The van der Waals surface area contributed by atoms with Crippen LogP contribution in [0.5, 0.6) is 5.75 Å². The number of fused-ring (bicyclic) bond motifs is 4. The quantitative estimate of drug-likeness (QED) is 0.372. The van der Waals surface area contributed by atoms with Gasteiger partial charge in [-0.2, -0.15) is 0 Å². The normalized spacial score (nSPS) is 28.2. The number of alkyl halides is 2. The van der Waals surface area contributed by atoms with Gasteiger partial charge in [0.25, 0.3) is 5.92 Å². The second kappa shape index (κ2) is 9.47. The molecule has 10 heteroatoms. The van der Waals surface area contributed by atoms with Gasteiger partial charge in [-0.3, -0.25) is 9.88 Å². The number of pyridine rings is 2. The minimum absolute atomic E-state index is 0.0565. The summed E-state index contributed by atoms with van der Waals surface area (Å²) in [5, 5.41) is 15.0. The second-order valence-corrected chi connectivity index (χ2v) is 13.2. The van der Waals surface area contributed by atoms with Crippen molar-refractivity contribution in [1.82, 2.24) is 20.2 Å². The number of phenolic OH excluding ortho intramolecular Hbond substituents is 1. The average molecular weight is 594 g/mol. The Bertz CT molecular complexity index is 1670. The molecule has 0 radical (unpaired) electrons. The molecule has 218 valence electrons. The van der Waals surface area contributed by atoms with Crippen molar-refractivity contribution >= 4 is 28.2 Å². The number of rotatable bonds is 3. The summed E-state index contributed by atoms with van der Waals surface area (Å²) in [7, 11) is 0. The molecule has 6 heterocycles. The summed E-state index contributed by atoms with van der Waals surface area (Å²) in [6.45, 7) is 1.86. The number of anilines is 1. The summed E-state index contributed by atoms with van der Waals surface area (Å²) in [5.41, 5.74) is 1.75. The predicted octanol–water partition coefficient (Wildman–Crippen LogP) is 5.84. The molecule has 42 heavy (non-hydrogen) atoms. The molecule has 1 aliphatic carbocycles. The fourth-order valence-electron chi connectivity index (χ4n) is 7.72. The highest BCUT2D eigenvalue weighted by Gasteiger charge is 2.56. The van der Waals surface area contributed by atoms with Crippen LogP contribution in [0.25, 0.3) is 22.2 Å². The molecule has 1 saturated carbocycles. The van der Waals surface area contributed by atoms with Crippen LogP contribution in [0.3, 0.4) is 0 Å². The van der Waals surface area contributed by atoms with E-state index in [-0.39, 0.29) is 35.8 Å². The van der Waals surface area contributed by atoms with E-state index in [0.29, 0.717) is 46.7 Å². The van der Waals surface area contributed by atoms with Crippen LogP contribution in [0.4, 0.5) is 18.9 Å². The topological polar surface area (TPSA) is 64.5 Å². The third-order valence-electron chi connectivity index (χ3n) is 9.71. The molecule has 5 aliphatic rings. The largest absolute Gasteiger partial charge is 0.508 e. The van der Waals surface area contributed by atoms with Crippen molar-refractivity contribution in [2.45, 2.75) is 74.4 Å². The Morgan fingerprint density at radius 1 is 1.10 bits per heavy atom. The summed E-state index contributed by atoms with van der Waals surface area (Å²) in [6, 6.07) is 5.56. The number of hydrogen-bond acceptors (Lipinski definition) is 6. The molecule has 3 atom stereocenters. The van der Waals surface area contributed by atoms with E-state index in [1.165, 1.54) is 12.1 Å². The van der Waals surface area contributed by atoms with Crippen molar-refractivity contribution in [2.24, 2.45) is 0 Å². The number of phenols is 1. The molecule has 3 aromatic rings. The van der Waals surface area contributed by atoms with E-state index in [1.54, 1.807) is 11.1 Å². The smallest absolute Gasteiger partial charge is 0.263 e. The Morgan fingerprint density at radius 3 is 2.64 bits per heavy atom. The van der Waals surface area contributed by atoms with Crippen LogP contribution in [0, 0.1) is 17.7 Å². The summed E-state index contributed by atoms with van der Waals surface area (Å²) in [6.07, 6.45) is 6.83. The first-order chi connectivity index (χ1) is 20.2. The fourth-order valence-corrected chi connectivity index (χ4v) is 8.09. The van der Waals surface area contributed by atoms with Crippen molar-refractivity contribution in [3.05, 3.63) is 46.5 Å². The van der Waals surface area contributed by atoms with Gasteiger partial charge in [0.05, 0.1) is 17.8 Å². The standard InChI is InChI=1S/C32H31ClF3N5O/c33-25-12-22(42)11-23(27(25)18-2-3-18)29-28(34)30-24(13-37-29)26(40-14-20-4-5-21(15-40)38-20)10-19(39-30)6-8-31-7-1-9-41(31)17-32(35,36)16-31/h10-13,18,20-21,38,42H,1-5,7,9,14-17H2. The molecule has 0 amide bonds. The van der Waals surface area contributed by atoms with Gasteiger partial charge < -0.3 is 15.3 Å². The fraction of sp³-hybridized carbons (Fsp3) is 0.500. The number of piperazine rings is 1. The van der Waals surface area contributed by atoms with Crippen molar-refractivity contribution in [2.75, 3.05) is 31.1 Å². The lowest BCUT2D eigenvalue weighted by atomic mass is 9.93. The van der Waals surface area contributed by atoms with Crippen LogP contribution >= 0.6 is 11.6 Å². The maximum absolute atomic E-state index is 16.6. The predicted molar refractivity (Wildman–Crippen MR) is 156 cm³/mol. The van der Waals surface area contributed by atoms with Gasteiger partial charge in [-0.1, -0.05) is 17.5 Å². The van der Waals surface area contributed by atoms with Crippen LogP contribution in [0.1, 0.15) is 62.1 Å². The number of hydrogen-bond donors (Lipinski definition) is 2. The van der Waals surface area contributed by atoms with Crippen molar-refractivity contribution < 1.29 is 18.3 Å². The van der Waals surface area contributed by atoms with Crippen LogP contribution < -0.4 is 10.2 Å². The molecular formula is C32H31ClF3N5O. The minimum atomic E-state index is -2.77. The zero-order valence-corrected chi connectivity index (χ0v) is 23.8. The molecule has 4 aliphatic heterocycles. The average Bonchev–Trinajstić information content (AvgIpc) is 3.55. The van der Waals surface area contributed by atoms with E-state index in [2.05, 4.69) is 32.0 Å². The third kappa shape index (κ3) is 4.42. The monoisotopic (exact) mass is 593 g/mol. The maximum Gasteiger partial charge on any atom is 0.263 e. The summed E-state index contributed by atoms with van der Waals surface area (Å²) in [4.78, 5) is 13.3. The molecule has 2 bridgehead atoms. The molecular weight excluding hydrogens is 563 g/mol. The van der Waals surface area contributed by atoms with E-state index in [9.17, 15) is 13.9 Å². The molecule has 2 aromatic heterocycles. The molecule has 3 unspecified atom stereocenters. The van der Waals surface area contributed by atoms with Gasteiger partial charge in [0.15, 0.2) is 5.82 Å². The van der Waals surface area contributed by atoms with E-state index >= 15 is 4.39 Å². The van der Waals surface area contributed by atoms with Crippen molar-refractivity contribution in [3.8, 4) is 28.8 Å². The molecule has 1 aromatic carbocycles. The van der Waals surface area contributed by atoms with Gasteiger partial charge in [-0.25, -0.2) is 18.2 Å². The van der Waals surface area contributed by atoms with Crippen LogP contribution in [-0.2, 0) is 0 Å². The Kier molecular flexibility index (Phi) is 5.99. The summed E-state index contributed by atoms with van der Waals surface area (Å²) < 4.78 is 45.4. The van der Waals surface area contributed by atoms with Gasteiger partial charge in [0.1, 0.15) is 22.7 Å². The van der Waals surface area contributed by atoms with E-state index in [1.807, 2.05) is 6.07 Å². The third-order valence-corrected chi connectivity index (χ3v) is 10.0. The van der Waals surface area contributed by atoms with Gasteiger partial charge in [0, 0.05) is 53.8 Å². The highest BCUT2D eigenvalue weighted by molar-refractivity contribution is 6.32. The number of nitrogens with one attached hydrogen (secondary N) is 1. The minimum Gasteiger partial charge on any atom is -0.508 e. The van der Waals surface area contributed by atoms with Crippen molar-refractivity contribution in [3.63, 3.8) is 0 Å². The Hall–Kier alpha value is -3.06. The zero-order valence-electron chi connectivity index (χ0n) is 23.1. The first-order valence-corrected chi connectivity index (χ1v) is 15.2. The Labute approximate surface area is 247 Å². The second-order valence-electron chi connectivity index (χ2n) is 12.8. The highest BCUT2D eigenvalue weighted by atomic mass is 35.5. The van der Waals surface area contributed by atoms with Crippen LogP contribution in [0.2, 0.25) is 5.02 Å². The summed E-state index contributed by atoms with van der Waals surface area (Å²) in [5.74, 6) is 3.06. The lowest BCUT2D eigenvalue weighted by Gasteiger charge is -2.35. The number of halogens is 4. The number of benzene rings is 1. The molecule has 5 fully saturated rings. The highest BCUT2D eigenvalue weighted by Crippen LogP contribution is 2.49.